The summed E-state index contributed by atoms with van der Waals surface area (Å²) in [6.07, 6.45) is 0. The molecular formula is C23H20FNO5S. The van der Waals surface area contributed by atoms with Crippen molar-refractivity contribution in [3.8, 4) is 0 Å². The molecule has 0 bridgehead atoms. The van der Waals surface area contributed by atoms with Crippen molar-refractivity contribution in [3.63, 3.8) is 0 Å². The van der Waals surface area contributed by atoms with Crippen LogP contribution in [-0.2, 0) is 16.1 Å². The Morgan fingerprint density at radius 2 is 1.65 bits per heavy atom. The second-order valence-corrected chi connectivity index (χ2v) is 7.50. The predicted molar refractivity (Wildman–Crippen MR) is 115 cm³/mol. The molecule has 0 aliphatic rings. The number of rotatable bonds is 7. The van der Waals surface area contributed by atoms with Gasteiger partial charge in [0.25, 0.3) is 5.91 Å². The molecule has 1 N–H and O–H groups in total. The van der Waals surface area contributed by atoms with E-state index in [4.69, 9.17) is 9.47 Å². The molecule has 0 aliphatic carbocycles. The van der Waals surface area contributed by atoms with Gasteiger partial charge in [0, 0.05) is 0 Å². The Morgan fingerprint density at radius 1 is 0.968 bits per heavy atom. The van der Waals surface area contributed by atoms with Crippen LogP contribution in [0.4, 0.5) is 9.39 Å². The molecule has 0 saturated carbocycles. The number of halogens is 1. The topological polar surface area (TPSA) is 81.7 Å². The van der Waals surface area contributed by atoms with E-state index in [1.165, 1.54) is 18.2 Å². The minimum absolute atomic E-state index is 0.0446. The van der Waals surface area contributed by atoms with Gasteiger partial charge in [-0.1, -0.05) is 42.5 Å². The van der Waals surface area contributed by atoms with Crippen LogP contribution in [0.5, 0.6) is 0 Å². The molecular weight excluding hydrogens is 421 g/mol. The van der Waals surface area contributed by atoms with E-state index >= 15 is 0 Å². The Bertz CT molecular complexity index is 1110. The SMILES string of the molecule is CCOC(=O)c1c(NC(=O)c2ccccc2F)sc(C(=O)OCc2ccccc2)c1C. The maximum atomic E-state index is 14.0. The highest BCUT2D eigenvalue weighted by Gasteiger charge is 2.28. The Kier molecular flexibility index (Phi) is 7.15. The molecule has 0 fully saturated rings. The third kappa shape index (κ3) is 5.16. The standard InChI is InChI=1S/C23H20FNO5S/c1-3-29-22(27)18-14(2)19(23(28)30-13-15-9-5-4-6-10-15)31-21(18)25-20(26)16-11-7-8-12-17(16)24/h4-12H,3,13H2,1-2H3,(H,25,26). The molecule has 0 aliphatic heterocycles. The van der Waals surface area contributed by atoms with Crippen molar-refractivity contribution in [2.45, 2.75) is 20.5 Å². The van der Waals surface area contributed by atoms with E-state index in [2.05, 4.69) is 5.32 Å². The molecule has 1 amide bonds. The normalized spacial score (nSPS) is 10.4. The van der Waals surface area contributed by atoms with Crippen LogP contribution >= 0.6 is 11.3 Å². The molecule has 8 heteroatoms. The summed E-state index contributed by atoms with van der Waals surface area (Å²) in [6, 6.07) is 14.6. The molecule has 0 unspecified atom stereocenters. The van der Waals surface area contributed by atoms with Gasteiger partial charge in [0.2, 0.25) is 0 Å². The van der Waals surface area contributed by atoms with Crippen LogP contribution in [0.15, 0.2) is 54.6 Å². The van der Waals surface area contributed by atoms with Crippen molar-refractivity contribution in [1.82, 2.24) is 0 Å². The van der Waals surface area contributed by atoms with E-state index in [0.717, 1.165) is 23.0 Å². The number of carbonyl (C=O) groups excluding carboxylic acids is 3. The molecule has 160 valence electrons. The zero-order valence-corrected chi connectivity index (χ0v) is 17.8. The molecule has 0 atom stereocenters. The fourth-order valence-corrected chi connectivity index (χ4v) is 3.93. The van der Waals surface area contributed by atoms with E-state index < -0.39 is 23.7 Å². The van der Waals surface area contributed by atoms with Crippen LogP contribution in [-0.4, -0.2) is 24.5 Å². The Hall–Kier alpha value is -3.52. The van der Waals surface area contributed by atoms with Crippen molar-refractivity contribution in [2.24, 2.45) is 0 Å². The first kappa shape index (κ1) is 22.2. The predicted octanol–water partition coefficient (Wildman–Crippen LogP) is 4.98. The molecule has 1 aromatic heterocycles. The van der Waals surface area contributed by atoms with Gasteiger partial charge in [-0.05, 0) is 37.1 Å². The molecule has 0 spiro atoms. The fraction of sp³-hybridized carbons (Fsp3) is 0.174. The Balaban J connectivity index is 1.89. The van der Waals surface area contributed by atoms with Crippen LogP contribution in [0.1, 0.15) is 48.4 Å². The second kappa shape index (κ2) is 9.99. The average Bonchev–Trinajstić information content (AvgIpc) is 3.09. The lowest BCUT2D eigenvalue weighted by atomic mass is 10.1. The summed E-state index contributed by atoms with van der Waals surface area (Å²) in [5.74, 6) is -2.77. The number of hydrogen-bond acceptors (Lipinski definition) is 6. The number of amides is 1. The van der Waals surface area contributed by atoms with E-state index in [1.807, 2.05) is 30.3 Å². The average molecular weight is 441 g/mol. The third-order valence-electron chi connectivity index (χ3n) is 4.37. The zero-order valence-electron chi connectivity index (χ0n) is 16.9. The first-order valence-electron chi connectivity index (χ1n) is 9.49. The lowest BCUT2D eigenvalue weighted by Gasteiger charge is -2.07. The minimum Gasteiger partial charge on any atom is -0.462 e. The Morgan fingerprint density at radius 3 is 2.32 bits per heavy atom. The number of ether oxygens (including phenoxy) is 2. The van der Waals surface area contributed by atoms with E-state index in [9.17, 15) is 18.8 Å². The van der Waals surface area contributed by atoms with Crippen molar-refractivity contribution < 1.29 is 28.2 Å². The summed E-state index contributed by atoms with van der Waals surface area (Å²) in [4.78, 5) is 37.9. The molecule has 0 saturated heterocycles. The maximum Gasteiger partial charge on any atom is 0.349 e. The number of benzene rings is 2. The summed E-state index contributed by atoms with van der Waals surface area (Å²) in [5.41, 5.74) is 0.994. The van der Waals surface area contributed by atoms with Gasteiger partial charge in [-0.3, -0.25) is 4.79 Å². The minimum atomic E-state index is -0.742. The molecule has 0 radical (unpaired) electrons. The molecule has 6 nitrogen and oxygen atoms in total. The van der Waals surface area contributed by atoms with Crippen molar-refractivity contribution >= 4 is 34.2 Å². The van der Waals surface area contributed by atoms with Gasteiger partial charge in [-0.25, -0.2) is 14.0 Å². The number of hydrogen-bond donors (Lipinski definition) is 1. The van der Waals surface area contributed by atoms with E-state index in [0.29, 0.717) is 5.56 Å². The quantitative estimate of drug-likeness (QED) is 0.523. The number of anilines is 1. The highest BCUT2D eigenvalue weighted by atomic mass is 32.1. The van der Waals surface area contributed by atoms with Gasteiger partial charge < -0.3 is 14.8 Å². The van der Waals surface area contributed by atoms with Gasteiger partial charge >= 0.3 is 11.9 Å². The van der Waals surface area contributed by atoms with Gasteiger partial charge in [0.1, 0.15) is 22.3 Å². The summed E-state index contributed by atoms with van der Waals surface area (Å²) in [6.45, 7) is 3.39. The molecule has 31 heavy (non-hydrogen) atoms. The number of thiophene rings is 1. The lowest BCUT2D eigenvalue weighted by Crippen LogP contribution is -2.16. The van der Waals surface area contributed by atoms with Crippen LogP contribution < -0.4 is 5.32 Å². The lowest BCUT2D eigenvalue weighted by molar-refractivity contribution is 0.0477. The van der Waals surface area contributed by atoms with Crippen LogP contribution in [0.2, 0.25) is 0 Å². The highest BCUT2D eigenvalue weighted by Crippen LogP contribution is 2.35. The monoisotopic (exact) mass is 441 g/mol. The van der Waals surface area contributed by atoms with Crippen LogP contribution in [0, 0.1) is 12.7 Å². The third-order valence-corrected chi connectivity index (χ3v) is 5.56. The summed E-state index contributed by atoms with van der Waals surface area (Å²) >= 11 is 0.883. The zero-order chi connectivity index (χ0) is 22.4. The first-order valence-corrected chi connectivity index (χ1v) is 10.3. The number of carbonyl (C=O) groups is 3. The fourth-order valence-electron chi connectivity index (χ4n) is 2.85. The smallest absolute Gasteiger partial charge is 0.349 e. The molecule has 2 aromatic carbocycles. The van der Waals surface area contributed by atoms with Gasteiger partial charge in [0.15, 0.2) is 0 Å². The summed E-state index contributed by atoms with van der Waals surface area (Å²) in [5, 5.41) is 2.62. The van der Waals surface area contributed by atoms with Crippen molar-refractivity contribution in [3.05, 3.63) is 87.5 Å². The Labute approximate surface area is 182 Å². The van der Waals surface area contributed by atoms with Crippen molar-refractivity contribution in [1.29, 1.82) is 0 Å². The number of esters is 2. The highest BCUT2D eigenvalue weighted by molar-refractivity contribution is 7.18. The number of nitrogens with one attached hydrogen (secondary N) is 1. The molecule has 3 aromatic rings. The van der Waals surface area contributed by atoms with Crippen LogP contribution in [0.25, 0.3) is 0 Å². The first-order chi connectivity index (χ1) is 14.9. The molecule has 1 heterocycles. The van der Waals surface area contributed by atoms with Gasteiger partial charge in [0.05, 0.1) is 17.7 Å². The van der Waals surface area contributed by atoms with E-state index in [-0.39, 0.29) is 34.2 Å². The van der Waals surface area contributed by atoms with E-state index in [1.54, 1.807) is 13.8 Å². The van der Waals surface area contributed by atoms with Crippen molar-refractivity contribution in [2.75, 3.05) is 11.9 Å². The molecule has 3 rings (SSSR count). The second-order valence-electron chi connectivity index (χ2n) is 6.48. The van der Waals surface area contributed by atoms with Gasteiger partial charge in [-0.15, -0.1) is 11.3 Å². The van der Waals surface area contributed by atoms with Crippen LogP contribution in [0.3, 0.4) is 0 Å². The van der Waals surface area contributed by atoms with Gasteiger partial charge in [-0.2, -0.15) is 0 Å². The summed E-state index contributed by atoms with van der Waals surface area (Å²) in [7, 11) is 0. The largest absolute Gasteiger partial charge is 0.462 e. The maximum absolute atomic E-state index is 14.0. The summed E-state index contributed by atoms with van der Waals surface area (Å²) < 4.78 is 24.4.